The number of unbranched alkanes of at least 4 members (excludes halogenated alkanes) is 2. The number of hydrogen-bond donors (Lipinski definition) is 1. The molecule has 2 heterocycles. The molecule has 4 rings (SSSR count). The molecule has 0 aliphatic carbocycles. The molecule has 2 atom stereocenters. The van der Waals surface area contributed by atoms with Gasteiger partial charge in [0.2, 0.25) is 11.8 Å². The van der Waals surface area contributed by atoms with Gasteiger partial charge >= 0.3 is 0 Å². The number of nitrogens with one attached hydrogen (secondary N) is 1. The van der Waals surface area contributed by atoms with Gasteiger partial charge in [0.05, 0.1) is 11.1 Å². The summed E-state index contributed by atoms with van der Waals surface area (Å²) in [5, 5.41) is 2.90. The van der Waals surface area contributed by atoms with Gasteiger partial charge in [0.15, 0.2) is 0 Å². The fourth-order valence-corrected chi connectivity index (χ4v) is 5.08. The molecule has 0 aromatic heterocycles. The Morgan fingerprint density at radius 1 is 0.971 bits per heavy atom. The van der Waals surface area contributed by atoms with Gasteiger partial charge in [0.1, 0.15) is 6.04 Å². The Kier molecular flexibility index (Phi) is 7.95. The van der Waals surface area contributed by atoms with E-state index in [1.807, 2.05) is 35.2 Å². The molecule has 7 nitrogen and oxygen atoms in total. The minimum Gasteiger partial charge on any atom is -0.353 e. The largest absolute Gasteiger partial charge is 0.353 e. The number of rotatable bonds is 11. The van der Waals surface area contributed by atoms with E-state index in [0.717, 1.165) is 42.6 Å². The van der Waals surface area contributed by atoms with Crippen molar-refractivity contribution >= 4 is 23.6 Å². The summed E-state index contributed by atoms with van der Waals surface area (Å²) in [7, 11) is 0. The Morgan fingerprint density at radius 3 is 2.29 bits per heavy atom. The fourth-order valence-electron chi connectivity index (χ4n) is 5.08. The van der Waals surface area contributed by atoms with Crippen molar-refractivity contribution in [3.05, 3.63) is 71.3 Å². The van der Waals surface area contributed by atoms with Crippen LogP contribution in [0.4, 0.5) is 0 Å². The van der Waals surface area contributed by atoms with E-state index >= 15 is 0 Å². The van der Waals surface area contributed by atoms with E-state index in [9.17, 15) is 19.2 Å². The molecular formula is C28H33N3O4. The molecule has 35 heavy (non-hydrogen) atoms. The second-order valence-electron chi connectivity index (χ2n) is 9.30. The number of nitrogens with zero attached hydrogens (tertiary/aromatic N) is 2. The van der Waals surface area contributed by atoms with E-state index in [-0.39, 0.29) is 24.9 Å². The maximum Gasteiger partial charge on any atom is 0.262 e. The smallest absolute Gasteiger partial charge is 0.262 e. The number of benzene rings is 2. The topological polar surface area (TPSA) is 86.8 Å². The van der Waals surface area contributed by atoms with Gasteiger partial charge in [-0.15, -0.1) is 0 Å². The predicted octanol–water partition coefficient (Wildman–Crippen LogP) is 3.58. The van der Waals surface area contributed by atoms with E-state index < -0.39 is 23.8 Å². The molecule has 1 N–H and O–H groups in total. The molecule has 0 radical (unpaired) electrons. The van der Waals surface area contributed by atoms with Crippen molar-refractivity contribution in [3.63, 3.8) is 0 Å². The summed E-state index contributed by atoms with van der Waals surface area (Å²) >= 11 is 0. The highest BCUT2D eigenvalue weighted by atomic mass is 16.2. The summed E-state index contributed by atoms with van der Waals surface area (Å²) in [6, 6.07) is 15.3. The maximum atomic E-state index is 13.4. The van der Waals surface area contributed by atoms with Crippen molar-refractivity contribution in [2.24, 2.45) is 0 Å². The van der Waals surface area contributed by atoms with Crippen molar-refractivity contribution in [1.82, 2.24) is 15.1 Å². The van der Waals surface area contributed by atoms with Crippen LogP contribution in [-0.4, -0.2) is 58.6 Å². The van der Waals surface area contributed by atoms with Crippen LogP contribution in [0.5, 0.6) is 0 Å². The Balaban J connectivity index is 1.45. The van der Waals surface area contributed by atoms with Gasteiger partial charge in [-0.25, -0.2) is 0 Å². The highest BCUT2D eigenvalue weighted by Gasteiger charge is 2.42. The molecule has 2 aromatic carbocycles. The van der Waals surface area contributed by atoms with Crippen LogP contribution in [-0.2, 0) is 16.0 Å². The summed E-state index contributed by atoms with van der Waals surface area (Å²) in [5.74, 6) is -1.17. The summed E-state index contributed by atoms with van der Waals surface area (Å²) in [4.78, 5) is 55.0. The molecule has 1 saturated heterocycles. The van der Waals surface area contributed by atoms with Gasteiger partial charge in [0, 0.05) is 32.0 Å². The highest BCUT2D eigenvalue weighted by molar-refractivity contribution is 6.22. The van der Waals surface area contributed by atoms with Crippen molar-refractivity contribution in [3.8, 4) is 0 Å². The van der Waals surface area contributed by atoms with E-state index in [0.29, 0.717) is 24.1 Å². The Labute approximate surface area is 206 Å². The second-order valence-corrected chi connectivity index (χ2v) is 9.30. The van der Waals surface area contributed by atoms with Gasteiger partial charge in [-0.3, -0.25) is 24.1 Å². The third kappa shape index (κ3) is 5.45. The molecule has 0 bridgehead atoms. The lowest BCUT2D eigenvalue weighted by Crippen LogP contribution is -2.52. The molecule has 7 heteroatoms. The van der Waals surface area contributed by atoms with Crippen LogP contribution in [0.2, 0.25) is 0 Å². The minimum atomic E-state index is -0.973. The lowest BCUT2D eigenvalue weighted by atomic mass is 10.0. The van der Waals surface area contributed by atoms with Crippen LogP contribution in [0.1, 0.15) is 71.7 Å². The van der Waals surface area contributed by atoms with Crippen molar-refractivity contribution in [2.45, 2.75) is 64.0 Å². The first kappa shape index (κ1) is 24.6. The first-order valence-electron chi connectivity index (χ1n) is 12.6. The lowest BCUT2D eigenvalue weighted by molar-refractivity contribution is -0.130. The van der Waals surface area contributed by atoms with E-state index in [1.54, 1.807) is 24.3 Å². The molecule has 0 spiro atoms. The summed E-state index contributed by atoms with van der Waals surface area (Å²) in [5.41, 5.74) is 1.50. The van der Waals surface area contributed by atoms with Crippen molar-refractivity contribution < 1.29 is 19.2 Å². The number of carbonyl (C=O) groups is 4. The molecule has 2 aliphatic rings. The molecule has 1 fully saturated rings. The van der Waals surface area contributed by atoms with E-state index in [1.165, 1.54) is 0 Å². The zero-order valence-electron chi connectivity index (χ0n) is 20.2. The van der Waals surface area contributed by atoms with Crippen LogP contribution in [0.3, 0.4) is 0 Å². The quantitative estimate of drug-likeness (QED) is 0.398. The van der Waals surface area contributed by atoms with Crippen LogP contribution >= 0.6 is 0 Å². The van der Waals surface area contributed by atoms with E-state index in [2.05, 4.69) is 12.2 Å². The minimum absolute atomic E-state index is 0.127. The predicted molar refractivity (Wildman–Crippen MR) is 133 cm³/mol. The Morgan fingerprint density at radius 2 is 1.63 bits per heavy atom. The maximum absolute atomic E-state index is 13.4. The summed E-state index contributed by atoms with van der Waals surface area (Å²) in [6.07, 6.45) is 6.00. The fraction of sp³-hybridized carbons (Fsp3) is 0.429. The van der Waals surface area contributed by atoms with Crippen LogP contribution in [0, 0.1) is 0 Å². The average molecular weight is 476 g/mol. The Hall–Kier alpha value is -3.48. The molecule has 4 amide bonds. The molecule has 184 valence electrons. The second kappa shape index (κ2) is 11.3. The summed E-state index contributed by atoms with van der Waals surface area (Å²) < 4.78 is 0. The van der Waals surface area contributed by atoms with Gasteiger partial charge in [-0.05, 0) is 30.5 Å². The highest BCUT2D eigenvalue weighted by Crippen LogP contribution is 2.26. The molecule has 0 unspecified atom stereocenters. The van der Waals surface area contributed by atoms with E-state index in [4.69, 9.17) is 0 Å². The van der Waals surface area contributed by atoms with Gasteiger partial charge in [0.25, 0.3) is 11.8 Å². The van der Waals surface area contributed by atoms with Crippen LogP contribution < -0.4 is 5.32 Å². The average Bonchev–Trinajstić information content (AvgIpc) is 3.35. The zero-order valence-corrected chi connectivity index (χ0v) is 20.2. The summed E-state index contributed by atoms with van der Waals surface area (Å²) in [6.45, 7) is 2.87. The first-order chi connectivity index (χ1) is 17.0. The number of hydrogen-bond acceptors (Lipinski definition) is 4. The molecular weight excluding hydrogens is 442 g/mol. The number of likely N-dealkylation sites (tertiary alicyclic amines) is 1. The van der Waals surface area contributed by atoms with Gasteiger partial charge in [-0.1, -0.05) is 68.7 Å². The van der Waals surface area contributed by atoms with Gasteiger partial charge in [-0.2, -0.15) is 0 Å². The third-order valence-corrected chi connectivity index (χ3v) is 6.96. The van der Waals surface area contributed by atoms with Crippen molar-refractivity contribution in [2.75, 3.05) is 13.1 Å². The number of amides is 4. The Bertz CT molecular complexity index is 1050. The van der Waals surface area contributed by atoms with Gasteiger partial charge < -0.3 is 10.2 Å². The number of imide groups is 1. The van der Waals surface area contributed by atoms with Crippen molar-refractivity contribution in [1.29, 1.82) is 0 Å². The number of fused-ring (bicyclic) bond motifs is 1. The third-order valence-electron chi connectivity index (χ3n) is 6.96. The number of carbonyl (C=O) groups excluding carboxylic acids is 4. The first-order valence-corrected chi connectivity index (χ1v) is 12.6. The molecule has 0 saturated carbocycles. The zero-order chi connectivity index (χ0) is 24.8. The normalized spacial score (nSPS) is 18.2. The molecule has 2 aromatic rings. The lowest BCUT2D eigenvalue weighted by Gasteiger charge is -2.27. The standard InChI is InChI=1S/C28H33N3O4/c1-2-3-5-12-21-15-16-25(32)30(21)18-17-29-26(33)24(19-20-10-6-4-7-11-20)31-27(34)22-13-8-9-14-23(22)28(31)35/h4,6-11,13-14,21,24H,2-3,5,12,15-19H2,1H3,(H,29,33)/t21-,24-/m0/s1. The van der Waals surface area contributed by atoms with Crippen LogP contribution in [0.15, 0.2) is 54.6 Å². The SMILES string of the molecule is CCCCC[C@H]1CCC(=O)N1CCNC(=O)[C@H](Cc1ccccc1)N1C(=O)c2ccccc2C1=O. The monoisotopic (exact) mass is 475 g/mol. The molecule has 2 aliphatic heterocycles. The van der Waals surface area contributed by atoms with Crippen LogP contribution in [0.25, 0.3) is 0 Å².